The van der Waals surface area contributed by atoms with Crippen molar-refractivity contribution in [2.45, 2.75) is 63.5 Å². The van der Waals surface area contributed by atoms with E-state index in [1.165, 1.54) is 32.1 Å². The Bertz CT molecular complexity index is 406. The summed E-state index contributed by atoms with van der Waals surface area (Å²) in [5, 5.41) is 3.39. The molecule has 4 nitrogen and oxygen atoms in total. The Morgan fingerprint density at radius 3 is 2.63 bits per heavy atom. The maximum Gasteiger partial charge on any atom is 0.214 e. The van der Waals surface area contributed by atoms with Crippen molar-refractivity contribution in [3.05, 3.63) is 0 Å². The summed E-state index contributed by atoms with van der Waals surface area (Å²) in [5.41, 5.74) is 0. The van der Waals surface area contributed by atoms with E-state index < -0.39 is 10.0 Å². The lowest BCUT2D eigenvalue weighted by atomic mass is 9.86. The number of fused-ring (bicyclic) bond motifs is 1. The van der Waals surface area contributed by atoms with E-state index in [0.717, 1.165) is 32.4 Å². The molecule has 1 saturated heterocycles. The lowest BCUT2D eigenvalue weighted by Gasteiger charge is -2.31. The third kappa shape index (κ3) is 3.31. The molecule has 3 aliphatic rings. The SMILES string of the molecule is O=S(=O)(CCCNC1CC1)N1CCC2CCCCC21. The first-order valence-corrected chi connectivity index (χ1v) is 9.50. The maximum atomic E-state index is 12.4. The largest absolute Gasteiger partial charge is 0.314 e. The summed E-state index contributed by atoms with van der Waals surface area (Å²) in [4.78, 5) is 0. The molecule has 0 radical (unpaired) electrons. The first-order chi connectivity index (χ1) is 9.17. The van der Waals surface area contributed by atoms with Crippen LogP contribution in [0, 0.1) is 5.92 Å². The van der Waals surface area contributed by atoms with Gasteiger partial charge < -0.3 is 5.32 Å². The molecule has 19 heavy (non-hydrogen) atoms. The highest BCUT2D eigenvalue weighted by molar-refractivity contribution is 7.89. The van der Waals surface area contributed by atoms with E-state index in [1.807, 2.05) is 4.31 Å². The topological polar surface area (TPSA) is 49.4 Å². The number of sulfonamides is 1. The summed E-state index contributed by atoms with van der Waals surface area (Å²) in [7, 11) is -3.01. The van der Waals surface area contributed by atoms with Crippen LogP contribution in [0.3, 0.4) is 0 Å². The Kier molecular flexibility index (Phi) is 4.15. The predicted molar refractivity (Wildman–Crippen MR) is 76.5 cm³/mol. The van der Waals surface area contributed by atoms with Gasteiger partial charge in [-0.05, 0) is 51.0 Å². The first kappa shape index (κ1) is 13.8. The fourth-order valence-electron chi connectivity index (χ4n) is 3.67. The van der Waals surface area contributed by atoms with Gasteiger partial charge in [-0.25, -0.2) is 8.42 Å². The van der Waals surface area contributed by atoms with E-state index in [-0.39, 0.29) is 0 Å². The average Bonchev–Trinajstić information content (AvgIpc) is 3.11. The standard InChI is InChI=1S/C14H26N2O2S/c17-19(18,11-3-9-15-13-6-7-13)16-10-8-12-4-1-2-5-14(12)16/h12-15H,1-11H2. The number of rotatable bonds is 6. The van der Waals surface area contributed by atoms with Gasteiger partial charge in [0.05, 0.1) is 5.75 Å². The second-order valence-electron chi connectivity index (χ2n) is 6.41. The molecular formula is C14H26N2O2S. The summed E-state index contributed by atoms with van der Waals surface area (Å²) < 4.78 is 26.7. The van der Waals surface area contributed by atoms with Gasteiger partial charge in [-0.2, -0.15) is 4.31 Å². The van der Waals surface area contributed by atoms with Crippen molar-refractivity contribution in [3.63, 3.8) is 0 Å². The molecule has 3 fully saturated rings. The van der Waals surface area contributed by atoms with Crippen LogP contribution in [0.25, 0.3) is 0 Å². The Morgan fingerprint density at radius 2 is 1.84 bits per heavy atom. The van der Waals surface area contributed by atoms with Gasteiger partial charge in [0.2, 0.25) is 10.0 Å². The molecule has 2 aliphatic carbocycles. The quantitative estimate of drug-likeness (QED) is 0.756. The molecule has 1 aliphatic heterocycles. The molecule has 0 spiro atoms. The summed E-state index contributed by atoms with van der Waals surface area (Å²) in [6.45, 7) is 1.62. The maximum absolute atomic E-state index is 12.4. The molecule has 0 bridgehead atoms. The molecule has 0 amide bonds. The second kappa shape index (κ2) is 5.70. The van der Waals surface area contributed by atoms with Crippen LogP contribution in [0.5, 0.6) is 0 Å². The molecule has 0 aromatic carbocycles. The monoisotopic (exact) mass is 286 g/mol. The minimum Gasteiger partial charge on any atom is -0.314 e. The number of hydrogen-bond donors (Lipinski definition) is 1. The van der Waals surface area contributed by atoms with Crippen LogP contribution in [0.2, 0.25) is 0 Å². The van der Waals surface area contributed by atoms with Crippen LogP contribution in [0.4, 0.5) is 0 Å². The molecule has 5 heteroatoms. The van der Waals surface area contributed by atoms with Crippen molar-refractivity contribution < 1.29 is 8.42 Å². The molecule has 3 rings (SSSR count). The summed E-state index contributed by atoms with van der Waals surface area (Å²) >= 11 is 0. The number of nitrogens with zero attached hydrogens (tertiary/aromatic N) is 1. The Labute approximate surface area is 117 Å². The van der Waals surface area contributed by atoms with Crippen LogP contribution in [0.15, 0.2) is 0 Å². The number of nitrogens with one attached hydrogen (secondary N) is 1. The van der Waals surface area contributed by atoms with E-state index in [9.17, 15) is 8.42 Å². The molecule has 110 valence electrons. The Morgan fingerprint density at radius 1 is 1.05 bits per heavy atom. The van der Waals surface area contributed by atoms with Gasteiger partial charge in [-0.1, -0.05) is 12.8 Å². The first-order valence-electron chi connectivity index (χ1n) is 7.90. The van der Waals surface area contributed by atoms with Crippen molar-refractivity contribution >= 4 is 10.0 Å². The molecule has 1 N–H and O–H groups in total. The van der Waals surface area contributed by atoms with E-state index >= 15 is 0 Å². The van der Waals surface area contributed by atoms with Crippen molar-refractivity contribution in [2.75, 3.05) is 18.8 Å². The van der Waals surface area contributed by atoms with Crippen molar-refractivity contribution in [2.24, 2.45) is 5.92 Å². The normalized spacial score (nSPS) is 32.4. The minimum absolute atomic E-state index is 0.329. The zero-order chi connectivity index (χ0) is 13.3. The third-order valence-corrected chi connectivity index (χ3v) is 6.88. The molecule has 1 heterocycles. The van der Waals surface area contributed by atoms with Gasteiger partial charge >= 0.3 is 0 Å². The van der Waals surface area contributed by atoms with Gasteiger partial charge in [0, 0.05) is 18.6 Å². The van der Waals surface area contributed by atoms with E-state index in [2.05, 4.69) is 5.32 Å². The fourth-order valence-corrected chi connectivity index (χ4v) is 5.49. The van der Waals surface area contributed by atoms with Crippen LogP contribution < -0.4 is 5.32 Å². The fraction of sp³-hybridized carbons (Fsp3) is 1.00. The third-order valence-electron chi connectivity index (χ3n) is 4.91. The molecule has 2 saturated carbocycles. The molecule has 0 aromatic rings. The van der Waals surface area contributed by atoms with E-state index in [1.54, 1.807) is 0 Å². The smallest absolute Gasteiger partial charge is 0.214 e. The average molecular weight is 286 g/mol. The van der Waals surface area contributed by atoms with Gasteiger partial charge in [0.1, 0.15) is 0 Å². The Hall–Kier alpha value is -0.130. The van der Waals surface area contributed by atoms with Crippen LogP contribution in [-0.4, -0.2) is 43.6 Å². The highest BCUT2D eigenvalue weighted by Gasteiger charge is 2.41. The van der Waals surface area contributed by atoms with Gasteiger partial charge in [0.25, 0.3) is 0 Å². The van der Waals surface area contributed by atoms with Crippen molar-refractivity contribution in [1.82, 2.24) is 9.62 Å². The Balaban J connectivity index is 1.50. The van der Waals surface area contributed by atoms with Gasteiger partial charge in [-0.15, -0.1) is 0 Å². The highest BCUT2D eigenvalue weighted by atomic mass is 32.2. The van der Waals surface area contributed by atoms with Crippen LogP contribution in [-0.2, 0) is 10.0 Å². The molecule has 2 atom stereocenters. The lowest BCUT2D eigenvalue weighted by Crippen LogP contribution is -2.40. The second-order valence-corrected chi connectivity index (χ2v) is 8.45. The highest BCUT2D eigenvalue weighted by Crippen LogP contribution is 2.37. The number of hydrogen-bond acceptors (Lipinski definition) is 3. The van der Waals surface area contributed by atoms with E-state index in [4.69, 9.17) is 0 Å². The summed E-state index contributed by atoms with van der Waals surface area (Å²) in [6.07, 6.45) is 9.20. The molecule has 0 aromatic heterocycles. The lowest BCUT2D eigenvalue weighted by molar-refractivity contribution is 0.260. The van der Waals surface area contributed by atoms with Crippen molar-refractivity contribution in [1.29, 1.82) is 0 Å². The van der Waals surface area contributed by atoms with Gasteiger partial charge in [-0.3, -0.25) is 0 Å². The predicted octanol–water partition coefficient (Wildman–Crippen LogP) is 1.72. The molecule has 2 unspecified atom stereocenters. The summed E-state index contributed by atoms with van der Waals surface area (Å²) in [6, 6.07) is 1.01. The van der Waals surface area contributed by atoms with Crippen molar-refractivity contribution in [3.8, 4) is 0 Å². The van der Waals surface area contributed by atoms with Crippen LogP contribution >= 0.6 is 0 Å². The summed E-state index contributed by atoms with van der Waals surface area (Å²) in [5.74, 6) is 0.976. The zero-order valence-electron chi connectivity index (χ0n) is 11.7. The molecular weight excluding hydrogens is 260 g/mol. The minimum atomic E-state index is -3.01. The van der Waals surface area contributed by atoms with Gasteiger partial charge in [0.15, 0.2) is 0 Å². The van der Waals surface area contributed by atoms with Crippen LogP contribution in [0.1, 0.15) is 51.4 Å². The van der Waals surface area contributed by atoms with E-state index in [0.29, 0.717) is 23.8 Å². The zero-order valence-corrected chi connectivity index (χ0v) is 12.5.